The van der Waals surface area contributed by atoms with Crippen LogP contribution in [-0.2, 0) is 6.42 Å². The molecular weight excluding hydrogens is 395 g/mol. The Bertz CT molecular complexity index is 980. The highest BCUT2D eigenvalue weighted by atomic mass is 19.3. The molecule has 0 aliphatic carbocycles. The molecule has 0 amide bonds. The molecule has 0 unspecified atom stereocenters. The Morgan fingerprint density at radius 1 is 1.23 bits per heavy atom. The van der Waals surface area contributed by atoms with E-state index in [2.05, 4.69) is 25.9 Å². The zero-order valence-electron chi connectivity index (χ0n) is 16.9. The van der Waals surface area contributed by atoms with Gasteiger partial charge in [-0.25, -0.2) is 18.2 Å². The van der Waals surface area contributed by atoms with E-state index < -0.39 is 18.3 Å². The van der Waals surface area contributed by atoms with Crippen LogP contribution in [0.4, 0.5) is 30.6 Å². The summed E-state index contributed by atoms with van der Waals surface area (Å²) in [7, 11) is 1.75. The molecule has 3 heterocycles. The Labute approximate surface area is 173 Å². The molecule has 9 heteroatoms. The van der Waals surface area contributed by atoms with Crippen molar-refractivity contribution >= 4 is 23.0 Å². The summed E-state index contributed by atoms with van der Waals surface area (Å²) in [5, 5.41) is 8.74. The summed E-state index contributed by atoms with van der Waals surface area (Å²) in [6.45, 7) is 2.54. The molecule has 0 saturated carbocycles. The number of allylic oxidation sites excluding steroid dienone is 1. The maximum atomic E-state index is 15.6. The molecule has 3 N–H and O–H groups in total. The van der Waals surface area contributed by atoms with Crippen molar-refractivity contribution in [3.63, 3.8) is 0 Å². The first kappa shape index (κ1) is 20.5. The second-order valence-electron chi connectivity index (χ2n) is 7.41. The van der Waals surface area contributed by atoms with E-state index in [0.29, 0.717) is 42.2 Å². The molecule has 1 atom stereocenters. The molecule has 1 aromatic heterocycles. The second kappa shape index (κ2) is 8.51. The van der Waals surface area contributed by atoms with Crippen LogP contribution in [0.25, 0.3) is 5.57 Å². The van der Waals surface area contributed by atoms with Gasteiger partial charge in [0.1, 0.15) is 11.6 Å². The molecule has 2 aromatic rings. The Kier molecular flexibility index (Phi) is 5.80. The number of benzene rings is 1. The number of anilines is 3. The zero-order valence-corrected chi connectivity index (χ0v) is 16.9. The lowest BCUT2D eigenvalue weighted by atomic mass is 9.95. The van der Waals surface area contributed by atoms with Crippen molar-refractivity contribution in [2.24, 2.45) is 0 Å². The second-order valence-corrected chi connectivity index (χ2v) is 7.41. The topological polar surface area (TPSA) is 71.1 Å². The highest BCUT2D eigenvalue weighted by Crippen LogP contribution is 2.42. The maximum absolute atomic E-state index is 15.6. The van der Waals surface area contributed by atoms with E-state index in [4.69, 9.17) is 4.74 Å². The number of rotatable bonds is 5. The fourth-order valence-electron chi connectivity index (χ4n) is 3.85. The SMILES string of the molecule is CNc1cc(C)nc(Nc2cc3c(c(C4=CCN[C@H](C(F)F)CC4)c2F)OCC3)n1. The van der Waals surface area contributed by atoms with E-state index in [1.165, 1.54) is 0 Å². The number of aromatic nitrogens is 2. The number of alkyl halides is 2. The molecule has 2 aliphatic heterocycles. The van der Waals surface area contributed by atoms with E-state index in [1.807, 2.05) is 6.92 Å². The molecule has 4 rings (SSSR count). The molecule has 2 aliphatic rings. The van der Waals surface area contributed by atoms with Crippen LogP contribution in [0.15, 0.2) is 18.2 Å². The number of hydrogen-bond donors (Lipinski definition) is 3. The Hall–Kier alpha value is -2.81. The highest BCUT2D eigenvalue weighted by Gasteiger charge is 2.28. The van der Waals surface area contributed by atoms with Crippen LogP contribution in [0.3, 0.4) is 0 Å². The van der Waals surface area contributed by atoms with E-state index in [-0.39, 0.29) is 24.6 Å². The lowest BCUT2D eigenvalue weighted by molar-refractivity contribution is 0.0974. The molecule has 0 radical (unpaired) electrons. The molecule has 160 valence electrons. The Balaban J connectivity index is 1.71. The van der Waals surface area contributed by atoms with Crippen molar-refractivity contribution in [1.82, 2.24) is 15.3 Å². The van der Waals surface area contributed by atoms with Gasteiger partial charge < -0.3 is 20.7 Å². The van der Waals surface area contributed by atoms with Gasteiger partial charge in [-0.1, -0.05) is 6.08 Å². The van der Waals surface area contributed by atoms with Gasteiger partial charge >= 0.3 is 0 Å². The lowest BCUT2D eigenvalue weighted by Crippen LogP contribution is -2.34. The zero-order chi connectivity index (χ0) is 21.3. The summed E-state index contributed by atoms with van der Waals surface area (Å²) in [6.07, 6.45) is 0.524. The fraction of sp³-hybridized carbons (Fsp3) is 0.429. The number of nitrogens with one attached hydrogen (secondary N) is 3. The Morgan fingerprint density at radius 3 is 2.83 bits per heavy atom. The van der Waals surface area contributed by atoms with Crippen molar-refractivity contribution in [1.29, 1.82) is 0 Å². The third-order valence-corrected chi connectivity index (χ3v) is 5.35. The summed E-state index contributed by atoms with van der Waals surface area (Å²) in [6, 6.07) is 2.59. The van der Waals surface area contributed by atoms with Crippen LogP contribution in [-0.4, -0.2) is 42.6 Å². The van der Waals surface area contributed by atoms with Gasteiger partial charge in [0.05, 0.1) is 23.9 Å². The first-order valence-corrected chi connectivity index (χ1v) is 9.96. The van der Waals surface area contributed by atoms with Crippen LogP contribution < -0.4 is 20.7 Å². The van der Waals surface area contributed by atoms with Crippen LogP contribution in [0.2, 0.25) is 0 Å². The van der Waals surface area contributed by atoms with Gasteiger partial charge in [-0.2, -0.15) is 4.98 Å². The monoisotopic (exact) mass is 419 g/mol. The van der Waals surface area contributed by atoms with Gasteiger partial charge in [0.2, 0.25) is 5.95 Å². The number of halogens is 3. The van der Waals surface area contributed by atoms with Gasteiger partial charge in [0.25, 0.3) is 6.43 Å². The molecule has 6 nitrogen and oxygen atoms in total. The molecule has 0 fully saturated rings. The minimum atomic E-state index is -2.46. The average molecular weight is 419 g/mol. The molecule has 0 spiro atoms. The molecular formula is C21H24F3N5O. The summed E-state index contributed by atoms with van der Waals surface area (Å²) >= 11 is 0. The number of ether oxygens (including phenoxy) is 1. The summed E-state index contributed by atoms with van der Waals surface area (Å²) in [5.41, 5.74) is 2.86. The van der Waals surface area contributed by atoms with E-state index in [0.717, 1.165) is 11.3 Å². The first-order chi connectivity index (χ1) is 14.5. The van der Waals surface area contributed by atoms with E-state index >= 15 is 4.39 Å². The smallest absolute Gasteiger partial charge is 0.253 e. The number of hydrogen-bond acceptors (Lipinski definition) is 6. The standard InChI is InChI=1S/C21H24F3N5O/c1-11-9-16(25-2)29-21(27-11)28-15-10-13-6-8-30-19(13)17(18(15)22)12-3-4-14(20(23)24)26-7-5-12/h5,9-10,14,20,26H,3-4,6-8H2,1-2H3,(H2,25,27,28,29)/t14-/m0/s1. The summed E-state index contributed by atoms with van der Waals surface area (Å²) in [4.78, 5) is 8.66. The normalized spacial score (nSPS) is 18.5. The predicted octanol–water partition coefficient (Wildman–Crippen LogP) is 4.04. The van der Waals surface area contributed by atoms with Crippen molar-refractivity contribution in [2.45, 2.75) is 38.7 Å². The minimum Gasteiger partial charge on any atom is -0.492 e. The third kappa shape index (κ3) is 4.07. The minimum absolute atomic E-state index is 0.224. The largest absolute Gasteiger partial charge is 0.492 e. The van der Waals surface area contributed by atoms with Crippen molar-refractivity contribution in [3.05, 3.63) is 40.8 Å². The number of fused-ring (bicyclic) bond motifs is 1. The van der Waals surface area contributed by atoms with Gasteiger partial charge in [0.15, 0.2) is 5.82 Å². The van der Waals surface area contributed by atoms with Crippen LogP contribution in [0.1, 0.15) is 29.7 Å². The van der Waals surface area contributed by atoms with E-state index in [9.17, 15) is 8.78 Å². The van der Waals surface area contributed by atoms with E-state index in [1.54, 1.807) is 25.3 Å². The summed E-state index contributed by atoms with van der Waals surface area (Å²) in [5.74, 6) is 0.900. The van der Waals surface area contributed by atoms with Gasteiger partial charge in [-0.3, -0.25) is 0 Å². The average Bonchev–Trinajstić information content (AvgIpc) is 3.02. The molecule has 30 heavy (non-hydrogen) atoms. The molecule has 0 bridgehead atoms. The molecule has 1 aromatic carbocycles. The summed E-state index contributed by atoms with van der Waals surface area (Å²) < 4.78 is 47.6. The van der Waals surface area contributed by atoms with Gasteiger partial charge in [-0.05, 0) is 31.4 Å². The predicted molar refractivity (Wildman–Crippen MR) is 110 cm³/mol. The lowest BCUT2D eigenvalue weighted by Gasteiger charge is -2.17. The number of nitrogens with zero attached hydrogens (tertiary/aromatic N) is 2. The van der Waals surface area contributed by atoms with Gasteiger partial charge in [0, 0.05) is 37.3 Å². The van der Waals surface area contributed by atoms with Crippen LogP contribution in [0, 0.1) is 12.7 Å². The fourth-order valence-corrected chi connectivity index (χ4v) is 3.85. The highest BCUT2D eigenvalue weighted by molar-refractivity contribution is 5.78. The van der Waals surface area contributed by atoms with Crippen LogP contribution in [0.5, 0.6) is 5.75 Å². The van der Waals surface area contributed by atoms with Gasteiger partial charge in [-0.15, -0.1) is 0 Å². The third-order valence-electron chi connectivity index (χ3n) is 5.35. The quantitative estimate of drug-likeness (QED) is 0.680. The van der Waals surface area contributed by atoms with Crippen molar-refractivity contribution < 1.29 is 17.9 Å². The first-order valence-electron chi connectivity index (χ1n) is 9.96. The van der Waals surface area contributed by atoms with Crippen LogP contribution >= 0.6 is 0 Å². The number of aryl methyl sites for hydroxylation is 1. The Morgan fingerprint density at radius 2 is 2.07 bits per heavy atom. The molecule has 0 saturated heterocycles. The maximum Gasteiger partial charge on any atom is 0.253 e. The van der Waals surface area contributed by atoms with Crippen molar-refractivity contribution in [3.8, 4) is 5.75 Å². The van der Waals surface area contributed by atoms with Crippen molar-refractivity contribution in [2.75, 3.05) is 30.8 Å².